The molecular formula is C48H32N2OS. The summed E-state index contributed by atoms with van der Waals surface area (Å²) in [6.07, 6.45) is 0. The highest BCUT2D eigenvalue weighted by atomic mass is 32.1. The molecule has 0 saturated carbocycles. The van der Waals surface area contributed by atoms with E-state index >= 15 is 0 Å². The highest BCUT2D eigenvalue weighted by Crippen LogP contribution is 2.42. The van der Waals surface area contributed by atoms with Crippen LogP contribution in [0.1, 0.15) is 0 Å². The summed E-state index contributed by atoms with van der Waals surface area (Å²) in [7, 11) is 0. The molecule has 0 aliphatic carbocycles. The molecule has 2 heterocycles. The largest absolute Gasteiger partial charge is 0.456 e. The molecule has 4 heteroatoms. The Labute approximate surface area is 305 Å². The highest BCUT2D eigenvalue weighted by Gasteiger charge is 2.18. The number of thiophene rings is 1. The maximum absolute atomic E-state index is 6.66. The van der Waals surface area contributed by atoms with E-state index in [1.807, 2.05) is 23.5 Å². The van der Waals surface area contributed by atoms with Gasteiger partial charge in [-0.2, -0.15) is 0 Å². The van der Waals surface area contributed by atoms with Gasteiger partial charge in [-0.1, -0.05) is 91.0 Å². The van der Waals surface area contributed by atoms with Crippen molar-refractivity contribution in [2.45, 2.75) is 0 Å². The molecule has 52 heavy (non-hydrogen) atoms. The molecule has 0 spiro atoms. The van der Waals surface area contributed by atoms with Crippen LogP contribution in [0.5, 0.6) is 0 Å². The molecule has 0 N–H and O–H groups in total. The summed E-state index contributed by atoms with van der Waals surface area (Å²) in [6, 6.07) is 68.9. The van der Waals surface area contributed by atoms with Crippen molar-refractivity contribution in [1.82, 2.24) is 0 Å². The normalized spacial score (nSPS) is 11.5. The Kier molecular flexibility index (Phi) is 7.33. The van der Waals surface area contributed by atoms with E-state index in [1.165, 1.54) is 31.3 Å². The van der Waals surface area contributed by atoms with Crippen molar-refractivity contribution in [1.29, 1.82) is 0 Å². The van der Waals surface area contributed by atoms with Crippen molar-refractivity contribution >= 4 is 87.6 Å². The van der Waals surface area contributed by atoms with Crippen LogP contribution in [0.4, 0.5) is 34.1 Å². The van der Waals surface area contributed by atoms with Crippen LogP contribution in [-0.2, 0) is 0 Å². The van der Waals surface area contributed by atoms with Crippen LogP contribution in [0, 0.1) is 0 Å². The number of anilines is 6. The predicted molar refractivity (Wildman–Crippen MR) is 221 cm³/mol. The lowest BCUT2D eigenvalue weighted by Gasteiger charge is -2.25. The van der Waals surface area contributed by atoms with Crippen LogP contribution in [0.15, 0.2) is 199 Å². The van der Waals surface area contributed by atoms with Gasteiger partial charge in [-0.25, -0.2) is 0 Å². The van der Waals surface area contributed by atoms with E-state index < -0.39 is 0 Å². The molecule has 0 unspecified atom stereocenters. The minimum atomic E-state index is 0.851. The Balaban J connectivity index is 1.03. The van der Waals surface area contributed by atoms with Crippen LogP contribution >= 0.6 is 11.3 Å². The first-order chi connectivity index (χ1) is 25.8. The second-order valence-corrected chi connectivity index (χ2v) is 14.1. The van der Waals surface area contributed by atoms with Gasteiger partial charge in [0.25, 0.3) is 0 Å². The number of hydrogen-bond donors (Lipinski definition) is 0. The summed E-state index contributed by atoms with van der Waals surface area (Å²) in [5, 5.41) is 4.82. The zero-order chi connectivity index (χ0) is 34.4. The standard InChI is InChI=1S/C48H32N2OS/c1-4-12-35(13-5-1)49(36-14-6-2-7-15-36)39-25-27-41-42-28-26-40(32-46(42)51-45(41)31-39)50(37-16-8-3-9-17-37)38-23-20-33(21-24-38)34-22-29-48-44(30-34)43-18-10-11-19-47(43)52-48/h1-32H. The summed E-state index contributed by atoms with van der Waals surface area (Å²) < 4.78 is 9.30. The molecule has 0 saturated heterocycles. The van der Waals surface area contributed by atoms with E-state index in [0.29, 0.717) is 0 Å². The quantitative estimate of drug-likeness (QED) is 0.167. The molecule has 8 aromatic carbocycles. The van der Waals surface area contributed by atoms with E-state index in [4.69, 9.17) is 4.42 Å². The summed E-state index contributed by atoms with van der Waals surface area (Å²) >= 11 is 1.85. The van der Waals surface area contributed by atoms with Gasteiger partial charge in [0.15, 0.2) is 0 Å². The van der Waals surface area contributed by atoms with Gasteiger partial charge < -0.3 is 14.2 Å². The van der Waals surface area contributed by atoms with Crippen molar-refractivity contribution < 1.29 is 4.42 Å². The molecule has 0 radical (unpaired) electrons. The van der Waals surface area contributed by atoms with Gasteiger partial charge in [0.2, 0.25) is 0 Å². The van der Waals surface area contributed by atoms with E-state index in [0.717, 1.165) is 56.1 Å². The van der Waals surface area contributed by atoms with Gasteiger partial charge in [-0.05, 0) is 102 Å². The first-order valence-electron chi connectivity index (χ1n) is 17.5. The smallest absolute Gasteiger partial charge is 0.137 e. The van der Waals surface area contributed by atoms with Gasteiger partial charge in [0, 0.05) is 77.2 Å². The van der Waals surface area contributed by atoms with Gasteiger partial charge in [-0.3, -0.25) is 0 Å². The summed E-state index contributed by atoms with van der Waals surface area (Å²) in [5.74, 6) is 0. The molecule has 0 aliphatic rings. The molecular weight excluding hydrogens is 653 g/mol. The van der Waals surface area contributed by atoms with Gasteiger partial charge in [0.05, 0.1) is 0 Å². The number of rotatable bonds is 7. The zero-order valence-electron chi connectivity index (χ0n) is 28.2. The highest BCUT2D eigenvalue weighted by molar-refractivity contribution is 7.25. The fourth-order valence-corrected chi connectivity index (χ4v) is 8.45. The molecule has 246 valence electrons. The fraction of sp³-hybridized carbons (Fsp3) is 0. The first-order valence-corrected chi connectivity index (χ1v) is 18.3. The maximum atomic E-state index is 6.66. The second kappa shape index (κ2) is 12.6. The molecule has 3 nitrogen and oxygen atoms in total. The molecule has 0 amide bonds. The van der Waals surface area contributed by atoms with Crippen LogP contribution < -0.4 is 9.80 Å². The number of benzene rings is 8. The molecule has 0 aliphatic heterocycles. The molecule has 0 fully saturated rings. The fourth-order valence-electron chi connectivity index (χ4n) is 7.37. The Morgan fingerprint density at radius 1 is 0.308 bits per heavy atom. The lowest BCUT2D eigenvalue weighted by molar-refractivity contribution is 0.669. The minimum absolute atomic E-state index is 0.851. The van der Waals surface area contributed by atoms with E-state index in [1.54, 1.807) is 0 Å². The third kappa shape index (κ3) is 5.29. The van der Waals surface area contributed by atoms with Crippen LogP contribution in [0.3, 0.4) is 0 Å². The molecule has 0 atom stereocenters. The summed E-state index contributed by atoms with van der Waals surface area (Å²) in [5.41, 5.74) is 10.5. The molecule has 2 aromatic heterocycles. The summed E-state index contributed by atoms with van der Waals surface area (Å²) in [4.78, 5) is 4.56. The number of para-hydroxylation sites is 3. The van der Waals surface area contributed by atoms with Crippen LogP contribution in [0.2, 0.25) is 0 Å². The Bertz CT molecular complexity index is 2800. The molecule has 10 rings (SSSR count). The van der Waals surface area contributed by atoms with Gasteiger partial charge >= 0.3 is 0 Å². The van der Waals surface area contributed by atoms with Crippen molar-refractivity contribution in [2.24, 2.45) is 0 Å². The Hall–Kier alpha value is -6.62. The zero-order valence-corrected chi connectivity index (χ0v) is 29.0. The lowest BCUT2D eigenvalue weighted by Crippen LogP contribution is -2.09. The summed E-state index contributed by atoms with van der Waals surface area (Å²) in [6.45, 7) is 0. The van der Waals surface area contributed by atoms with Crippen molar-refractivity contribution in [2.75, 3.05) is 9.80 Å². The first kappa shape index (κ1) is 30.2. The average Bonchev–Trinajstić information content (AvgIpc) is 3.77. The number of hydrogen-bond acceptors (Lipinski definition) is 4. The maximum Gasteiger partial charge on any atom is 0.137 e. The Morgan fingerprint density at radius 2 is 0.750 bits per heavy atom. The second-order valence-electron chi connectivity index (χ2n) is 13.0. The van der Waals surface area contributed by atoms with Crippen LogP contribution in [-0.4, -0.2) is 0 Å². The molecule has 0 bridgehead atoms. The third-order valence-corrected chi connectivity index (χ3v) is 11.0. The van der Waals surface area contributed by atoms with Gasteiger partial charge in [0.1, 0.15) is 11.2 Å². The van der Waals surface area contributed by atoms with Crippen molar-refractivity contribution in [3.63, 3.8) is 0 Å². The molecule has 10 aromatic rings. The minimum Gasteiger partial charge on any atom is -0.456 e. The third-order valence-electron chi connectivity index (χ3n) is 9.84. The predicted octanol–water partition coefficient (Wildman–Crippen LogP) is 14.6. The number of fused-ring (bicyclic) bond motifs is 6. The van der Waals surface area contributed by atoms with Crippen LogP contribution in [0.25, 0.3) is 53.2 Å². The number of furan rings is 1. The van der Waals surface area contributed by atoms with E-state index in [9.17, 15) is 0 Å². The van der Waals surface area contributed by atoms with E-state index in [-0.39, 0.29) is 0 Å². The monoisotopic (exact) mass is 684 g/mol. The van der Waals surface area contributed by atoms with Crippen molar-refractivity contribution in [3.8, 4) is 11.1 Å². The van der Waals surface area contributed by atoms with Crippen molar-refractivity contribution in [3.05, 3.63) is 194 Å². The van der Waals surface area contributed by atoms with Gasteiger partial charge in [-0.15, -0.1) is 11.3 Å². The average molecular weight is 685 g/mol. The SMILES string of the molecule is c1ccc(N(c2ccccc2)c2ccc3c(c2)oc2cc(N(c4ccccc4)c4ccc(-c5ccc6sc7ccccc7c6c5)cc4)ccc23)cc1. The van der Waals surface area contributed by atoms with E-state index in [2.05, 4.69) is 192 Å². The topological polar surface area (TPSA) is 19.6 Å². The number of nitrogens with zero attached hydrogens (tertiary/aromatic N) is 2. The Morgan fingerprint density at radius 3 is 1.31 bits per heavy atom. The lowest BCUT2D eigenvalue weighted by atomic mass is 10.0.